The lowest BCUT2D eigenvalue weighted by Crippen LogP contribution is -2.39. The standard InChI is InChI=1S/C23H15ClN4O4/c24-15-8-12-16(13-9-15)26-22(29)19-20(14-6-10-18(11-7-14)28(31)32)25-27(21(19)23(26)30)17-4-2-1-3-5-17/h1-13,19,21H/t19-,21+/m0/s1. The molecule has 0 aromatic heterocycles. The van der Waals surface area contributed by atoms with Gasteiger partial charge in [0, 0.05) is 17.2 Å². The van der Waals surface area contributed by atoms with Crippen LogP contribution in [-0.4, -0.2) is 28.5 Å². The highest BCUT2D eigenvalue weighted by atomic mass is 35.5. The number of benzene rings is 3. The molecular formula is C23H15ClN4O4. The summed E-state index contributed by atoms with van der Waals surface area (Å²) in [4.78, 5) is 38.6. The summed E-state index contributed by atoms with van der Waals surface area (Å²) >= 11 is 5.96. The molecule has 0 radical (unpaired) electrons. The third-order valence-electron chi connectivity index (χ3n) is 5.53. The summed E-state index contributed by atoms with van der Waals surface area (Å²) in [6.45, 7) is 0. The Balaban J connectivity index is 1.61. The van der Waals surface area contributed by atoms with Gasteiger partial charge < -0.3 is 0 Å². The van der Waals surface area contributed by atoms with Crippen LogP contribution in [-0.2, 0) is 9.59 Å². The van der Waals surface area contributed by atoms with Gasteiger partial charge in [0.05, 0.1) is 22.0 Å². The van der Waals surface area contributed by atoms with Gasteiger partial charge in [0.2, 0.25) is 5.91 Å². The number of nitrogens with zero attached hydrogens (tertiary/aromatic N) is 4. The minimum atomic E-state index is -0.856. The van der Waals surface area contributed by atoms with Crippen molar-refractivity contribution in [1.82, 2.24) is 0 Å². The molecule has 5 rings (SSSR count). The molecule has 8 nitrogen and oxygen atoms in total. The van der Waals surface area contributed by atoms with Crippen molar-refractivity contribution in [2.24, 2.45) is 11.0 Å². The molecular weight excluding hydrogens is 432 g/mol. The lowest BCUT2D eigenvalue weighted by atomic mass is 9.92. The molecule has 158 valence electrons. The molecule has 0 aliphatic carbocycles. The third kappa shape index (κ3) is 3.12. The summed E-state index contributed by atoms with van der Waals surface area (Å²) in [5, 5.41) is 17.7. The number of rotatable bonds is 4. The molecule has 1 fully saturated rings. The van der Waals surface area contributed by atoms with Crippen molar-refractivity contribution in [2.75, 3.05) is 9.91 Å². The van der Waals surface area contributed by atoms with Gasteiger partial charge in [-0.05, 0) is 54.1 Å². The number of imide groups is 1. The van der Waals surface area contributed by atoms with Gasteiger partial charge >= 0.3 is 0 Å². The molecule has 0 spiro atoms. The van der Waals surface area contributed by atoms with Crippen LogP contribution in [0.2, 0.25) is 5.02 Å². The number of fused-ring (bicyclic) bond motifs is 1. The maximum Gasteiger partial charge on any atom is 0.269 e. The Kier molecular flexibility index (Phi) is 4.71. The first-order valence-electron chi connectivity index (χ1n) is 9.76. The van der Waals surface area contributed by atoms with Crippen LogP contribution in [0, 0.1) is 16.0 Å². The highest BCUT2D eigenvalue weighted by Gasteiger charge is 2.57. The van der Waals surface area contributed by atoms with E-state index in [0.29, 0.717) is 27.7 Å². The van der Waals surface area contributed by atoms with Crippen molar-refractivity contribution < 1.29 is 14.5 Å². The highest BCUT2D eigenvalue weighted by Crippen LogP contribution is 2.39. The smallest absolute Gasteiger partial charge is 0.269 e. The number of carbonyl (C=O) groups excluding carboxylic acids is 2. The van der Waals surface area contributed by atoms with Gasteiger partial charge in [-0.3, -0.25) is 24.7 Å². The maximum atomic E-state index is 13.5. The molecule has 9 heteroatoms. The van der Waals surface area contributed by atoms with Crippen LogP contribution in [0.25, 0.3) is 0 Å². The minimum Gasteiger partial charge on any atom is -0.273 e. The average molecular weight is 447 g/mol. The first-order chi connectivity index (χ1) is 15.5. The highest BCUT2D eigenvalue weighted by molar-refractivity contribution is 6.34. The molecule has 0 saturated carbocycles. The van der Waals surface area contributed by atoms with Gasteiger partial charge in [-0.1, -0.05) is 29.8 Å². The summed E-state index contributed by atoms with van der Waals surface area (Å²) in [5.74, 6) is -1.65. The number of carbonyl (C=O) groups is 2. The van der Waals surface area contributed by atoms with Crippen LogP contribution in [0.4, 0.5) is 17.1 Å². The van der Waals surface area contributed by atoms with E-state index in [2.05, 4.69) is 5.10 Å². The molecule has 2 atom stereocenters. The second-order valence-electron chi connectivity index (χ2n) is 7.38. The van der Waals surface area contributed by atoms with E-state index >= 15 is 0 Å². The van der Waals surface area contributed by atoms with Crippen LogP contribution in [0.1, 0.15) is 5.56 Å². The van der Waals surface area contributed by atoms with Gasteiger partial charge in [0.15, 0.2) is 0 Å². The van der Waals surface area contributed by atoms with Crippen LogP contribution >= 0.6 is 11.6 Å². The first-order valence-corrected chi connectivity index (χ1v) is 10.1. The summed E-state index contributed by atoms with van der Waals surface area (Å²) in [6.07, 6.45) is 0. The zero-order valence-electron chi connectivity index (χ0n) is 16.5. The zero-order chi connectivity index (χ0) is 22.4. The fourth-order valence-corrected chi connectivity index (χ4v) is 4.17. The molecule has 2 aliphatic rings. The van der Waals surface area contributed by atoms with Crippen molar-refractivity contribution in [2.45, 2.75) is 6.04 Å². The van der Waals surface area contributed by atoms with Crippen LogP contribution in [0.3, 0.4) is 0 Å². The fourth-order valence-electron chi connectivity index (χ4n) is 4.05. The SMILES string of the molecule is O=C1[C@H]2C(c3ccc([N+](=O)[O-])cc3)=NN(c3ccccc3)[C@H]2C(=O)N1c1ccc(Cl)cc1. The number of nitro benzene ring substituents is 1. The molecule has 32 heavy (non-hydrogen) atoms. The second kappa shape index (κ2) is 7.58. The minimum absolute atomic E-state index is 0.0690. The molecule has 2 amide bonds. The number of para-hydroxylation sites is 1. The van der Waals surface area contributed by atoms with E-state index in [-0.39, 0.29) is 5.69 Å². The van der Waals surface area contributed by atoms with E-state index in [1.807, 2.05) is 30.3 Å². The molecule has 2 heterocycles. The molecule has 1 saturated heterocycles. The molecule has 3 aromatic carbocycles. The first kappa shape index (κ1) is 19.9. The third-order valence-corrected chi connectivity index (χ3v) is 5.78. The second-order valence-corrected chi connectivity index (χ2v) is 7.82. The average Bonchev–Trinajstić information content (AvgIpc) is 3.32. The van der Waals surface area contributed by atoms with Crippen molar-refractivity contribution in [1.29, 1.82) is 0 Å². The number of nitro groups is 1. The lowest BCUT2D eigenvalue weighted by Gasteiger charge is -2.22. The topological polar surface area (TPSA) is 96.1 Å². The van der Waals surface area contributed by atoms with Crippen molar-refractivity contribution in [3.05, 3.63) is 99.6 Å². The van der Waals surface area contributed by atoms with Gasteiger partial charge in [-0.2, -0.15) is 5.10 Å². The van der Waals surface area contributed by atoms with E-state index in [9.17, 15) is 19.7 Å². The van der Waals surface area contributed by atoms with Crippen molar-refractivity contribution >= 4 is 46.2 Å². The van der Waals surface area contributed by atoms with E-state index < -0.39 is 28.7 Å². The van der Waals surface area contributed by atoms with Gasteiger partial charge in [0.25, 0.3) is 11.6 Å². The predicted octanol–water partition coefficient (Wildman–Crippen LogP) is 4.03. The number of hydrogen-bond donors (Lipinski definition) is 0. The Bertz CT molecular complexity index is 1260. The normalized spacial score (nSPS) is 19.8. The quantitative estimate of drug-likeness (QED) is 0.342. The molecule has 0 unspecified atom stereocenters. The van der Waals surface area contributed by atoms with E-state index in [4.69, 9.17) is 11.6 Å². The van der Waals surface area contributed by atoms with Crippen molar-refractivity contribution in [3.8, 4) is 0 Å². The summed E-state index contributed by atoms with van der Waals surface area (Å²) in [5.41, 5.74) is 1.96. The summed E-state index contributed by atoms with van der Waals surface area (Å²) in [7, 11) is 0. The number of hydrazone groups is 1. The Morgan fingerprint density at radius 1 is 0.844 bits per heavy atom. The molecule has 0 N–H and O–H groups in total. The predicted molar refractivity (Wildman–Crippen MR) is 120 cm³/mol. The largest absolute Gasteiger partial charge is 0.273 e. The van der Waals surface area contributed by atoms with E-state index in [1.165, 1.54) is 12.1 Å². The maximum absolute atomic E-state index is 13.5. The monoisotopic (exact) mass is 446 g/mol. The number of amides is 2. The number of anilines is 2. The number of hydrogen-bond acceptors (Lipinski definition) is 6. The Morgan fingerprint density at radius 2 is 1.50 bits per heavy atom. The van der Waals surface area contributed by atoms with Crippen molar-refractivity contribution in [3.63, 3.8) is 0 Å². The van der Waals surface area contributed by atoms with Crippen LogP contribution < -0.4 is 9.91 Å². The number of non-ortho nitro benzene ring substituents is 1. The van der Waals surface area contributed by atoms with Gasteiger partial charge in [-0.25, -0.2) is 4.90 Å². The van der Waals surface area contributed by atoms with Gasteiger partial charge in [-0.15, -0.1) is 0 Å². The van der Waals surface area contributed by atoms with E-state index in [0.717, 1.165) is 4.90 Å². The van der Waals surface area contributed by atoms with Crippen LogP contribution in [0.15, 0.2) is 84.0 Å². The zero-order valence-corrected chi connectivity index (χ0v) is 17.2. The summed E-state index contributed by atoms with van der Waals surface area (Å²) < 4.78 is 0. The Morgan fingerprint density at radius 3 is 2.12 bits per heavy atom. The van der Waals surface area contributed by atoms with Crippen LogP contribution in [0.5, 0.6) is 0 Å². The number of halogens is 1. The lowest BCUT2D eigenvalue weighted by molar-refractivity contribution is -0.384. The Hall–Kier alpha value is -4.04. The molecule has 0 bridgehead atoms. The molecule has 3 aromatic rings. The van der Waals surface area contributed by atoms with E-state index in [1.54, 1.807) is 41.4 Å². The van der Waals surface area contributed by atoms with Gasteiger partial charge in [0.1, 0.15) is 12.0 Å². The summed E-state index contributed by atoms with van der Waals surface area (Å²) in [6, 6.07) is 20.5. The fraction of sp³-hybridized carbons (Fsp3) is 0.0870. The molecule has 2 aliphatic heterocycles. The Labute approximate surface area is 187 Å².